The molecule has 0 aliphatic rings. The fourth-order valence-corrected chi connectivity index (χ4v) is 3.23. The molecule has 19 heavy (non-hydrogen) atoms. The van der Waals surface area contributed by atoms with E-state index >= 15 is 0 Å². The van der Waals surface area contributed by atoms with Gasteiger partial charge in [-0.25, -0.2) is 0 Å². The molecule has 2 rings (SSSR count). The van der Waals surface area contributed by atoms with E-state index in [1.165, 1.54) is 20.9 Å². The molecular weight excluding hydrogens is 250 g/mol. The van der Waals surface area contributed by atoms with Crippen LogP contribution in [0, 0.1) is 0 Å². The van der Waals surface area contributed by atoms with Crippen LogP contribution in [0.1, 0.15) is 38.1 Å². The topological polar surface area (TPSA) is 12.0 Å². The fourth-order valence-electron chi connectivity index (χ4n) is 2.22. The van der Waals surface area contributed by atoms with Gasteiger partial charge in [-0.05, 0) is 35.2 Å². The van der Waals surface area contributed by atoms with Crippen molar-refractivity contribution in [1.82, 2.24) is 5.32 Å². The van der Waals surface area contributed by atoms with Gasteiger partial charge in [0.25, 0.3) is 0 Å². The highest BCUT2D eigenvalue weighted by Gasteiger charge is 2.18. The van der Waals surface area contributed by atoms with E-state index in [4.69, 9.17) is 0 Å². The maximum Gasteiger partial charge on any atom is 0.0349 e. The Morgan fingerprint density at radius 2 is 1.79 bits per heavy atom. The van der Waals surface area contributed by atoms with Crippen LogP contribution in [0.3, 0.4) is 0 Å². The number of rotatable bonds is 4. The van der Waals surface area contributed by atoms with Crippen LogP contribution in [0.4, 0.5) is 0 Å². The van der Waals surface area contributed by atoms with Gasteiger partial charge < -0.3 is 5.32 Å². The molecule has 102 valence electrons. The molecule has 0 unspecified atom stereocenters. The molecule has 1 heterocycles. The predicted octanol–water partition coefficient (Wildman–Crippen LogP) is 4.82. The number of nitrogens with one attached hydrogen (secondary N) is 1. The monoisotopic (exact) mass is 273 g/mol. The highest BCUT2D eigenvalue weighted by molar-refractivity contribution is 7.15. The summed E-state index contributed by atoms with van der Waals surface area (Å²) in [5.41, 5.74) is 2.98. The Balaban J connectivity index is 2.34. The lowest BCUT2D eigenvalue weighted by atomic mass is 9.83. The molecule has 0 radical (unpaired) electrons. The van der Waals surface area contributed by atoms with Gasteiger partial charge in [0.15, 0.2) is 0 Å². The minimum absolute atomic E-state index is 0.183. The van der Waals surface area contributed by atoms with Crippen molar-refractivity contribution in [1.29, 1.82) is 0 Å². The van der Waals surface area contributed by atoms with Gasteiger partial charge >= 0.3 is 0 Å². The molecular formula is C17H23NS. The summed E-state index contributed by atoms with van der Waals surface area (Å²) in [4.78, 5) is 2.78. The zero-order chi connectivity index (χ0) is 13.9. The van der Waals surface area contributed by atoms with E-state index in [0.717, 1.165) is 13.1 Å². The second-order valence-electron chi connectivity index (χ2n) is 5.84. The first-order valence-corrected chi connectivity index (χ1v) is 7.73. The van der Waals surface area contributed by atoms with Crippen molar-refractivity contribution in [3.05, 3.63) is 46.8 Å². The second-order valence-corrected chi connectivity index (χ2v) is 7.01. The van der Waals surface area contributed by atoms with E-state index in [0.29, 0.717) is 0 Å². The average molecular weight is 273 g/mol. The smallest absolute Gasteiger partial charge is 0.0349 e. The van der Waals surface area contributed by atoms with Crippen LogP contribution in [0.5, 0.6) is 0 Å². The van der Waals surface area contributed by atoms with Crippen LogP contribution < -0.4 is 5.32 Å². The third-order valence-corrected chi connectivity index (χ3v) is 4.33. The van der Waals surface area contributed by atoms with Crippen molar-refractivity contribution in [2.45, 2.75) is 39.7 Å². The Hall–Kier alpha value is -1.12. The van der Waals surface area contributed by atoms with E-state index < -0.39 is 0 Å². The molecule has 0 spiro atoms. The maximum absolute atomic E-state index is 3.38. The van der Waals surface area contributed by atoms with Crippen molar-refractivity contribution in [3.8, 4) is 10.4 Å². The first-order chi connectivity index (χ1) is 9.02. The van der Waals surface area contributed by atoms with Crippen molar-refractivity contribution < 1.29 is 0 Å². The average Bonchev–Trinajstić information content (AvgIpc) is 2.84. The van der Waals surface area contributed by atoms with Gasteiger partial charge in [-0.3, -0.25) is 0 Å². The summed E-state index contributed by atoms with van der Waals surface area (Å²) in [5.74, 6) is 0. The predicted molar refractivity (Wildman–Crippen MR) is 85.8 cm³/mol. The van der Waals surface area contributed by atoms with Gasteiger partial charge in [0.05, 0.1) is 0 Å². The number of thiophene rings is 1. The Kier molecular flexibility index (Phi) is 4.43. The lowest BCUT2D eigenvalue weighted by molar-refractivity contribution is 0.592. The van der Waals surface area contributed by atoms with Crippen LogP contribution in [-0.2, 0) is 12.0 Å². The van der Waals surface area contributed by atoms with E-state index in [9.17, 15) is 0 Å². The van der Waals surface area contributed by atoms with Gasteiger partial charge in [0.2, 0.25) is 0 Å². The van der Waals surface area contributed by atoms with Gasteiger partial charge in [-0.2, -0.15) is 0 Å². The minimum atomic E-state index is 0.183. The second kappa shape index (κ2) is 5.89. The third kappa shape index (κ3) is 3.46. The van der Waals surface area contributed by atoms with Crippen molar-refractivity contribution in [2.24, 2.45) is 0 Å². The molecule has 0 bridgehead atoms. The summed E-state index contributed by atoms with van der Waals surface area (Å²) in [5, 5.41) is 3.38. The van der Waals surface area contributed by atoms with Gasteiger partial charge in [0, 0.05) is 16.3 Å². The largest absolute Gasteiger partial charge is 0.312 e. The van der Waals surface area contributed by atoms with Crippen LogP contribution in [0.25, 0.3) is 10.4 Å². The summed E-state index contributed by atoms with van der Waals surface area (Å²) in [6.07, 6.45) is 0. The van der Waals surface area contributed by atoms with Gasteiger partial charge in [-0.1, -0.05) is 52.0 Å². The molecule has 0 amide bonds. The first-order valence-electron chi connectivity index (χ1n) is 6.91. The van der Waals surface area contributed by atoms with E-state index in [-0.39, 0.29) is 5.41 Å². The van der Waals surface area contributed by atoms with Crippen molar-refractivity contribution in [3.63, 3.8) is 0 Å². The Morgan fingerprint density at radius 1 is 1.05 bits per heavy atom. The number of hydrogen-bond donors (Lipinski definition) is 1. The highest BCUT2D eigenvalue weighted by atomic mass is 32.1. The lowest BCUT2D eigenvalue weighted by Gasteiger charge is -2.22. The summed E-state index contributed by atoms with van der Waals surface area (Å²) in [6, 6.07) is 13.2. The minimum Gasteiger partial charge on any atom is -0.312 e. The van der Waals surface area contributed by atoms with Crippen LogP contribution >= 0.6 is 11.3 Å². The number of hydrogen-bond acceptors (Lipinski definition) is 2. The molecule has 2 heteroatoms. The van der Waals surface area contributed by atoms with Crippen LogP contribution in [0.2, 0.25) is 0 Å². The van der Waals surface area contributed by atoms with E-state index in [1.807, 2.05) is 11.3 Å². The Bertz CT molecular complexity index is 534. The molecule has 1 nitrogen and oxygen atoms in total. The molecule has 1 aromatic heterocycles. The quantitative estimate of drug-likeness (QED) is 0.842. The molecule has 0 atom stereocenters. The summed E-state index contributed by atoms with van der Waals surface area (Å²) in [6.45, 7) is 11.0. The van der Waals surface area contributed by atoms with E-state index in [2.05, 4.69) is 69.4 Å². The van der Waals surface area contributed by atoms with Crippen LogP contribution in [0.15, 0.2) is 36.4 Å². The van der Waals surface area contributed by atoms with Gasteiger partial charge in [-0.15, -0.1) is 11.3 Å². The maximum atomic E-state index is 3.38. The van der Waals surface area contributed by atoms with Crippen LogP contribution in [-0.4, -0.2) is 6.54 Å². The summed E-state index contributed by atoms with van der Waals surface area (Å²) in [7, 11) is 0. The molecule has 0 aliphatic carbocycles. The SMILES string of the molecule is CCNCc1ccc(-c2ccccc2C(C)(C)C)s1. The fraction of sp³-hybridized carbons (Fsp3) is 0.412. The molecule has 0 saturated carbocycles. The highest BCUT2D eigenvalue weighted by Crippen LogP contribution is 2.36. The summed E-state index contributed by atoms with van der Waals surface area (Å²) >= 11 is 1.89. The summed E-state index contributed by atoms with van der Waals surface area (Å²) < 4.78 is 0. The van der Waals surface area contributed by atoms with Gasteiger partial charge in [0.1, 0.15) is 0 Å². The van der Waals surface area contributed by atoms with Crippen molar-refractivity contribution in [2.75, 3.05) is 6.54 Å². The molecule has 1 aromatic carbocycles. The molecule has 0 aliphatic heterocycles. The number of benzene rings is 1. The third-order valence-electron chi connectivity index (χ3n) is 3.21. The molecule has 1 N–H and O–H groups in total. The van der Waals surface area contributed by atoms with E-state index in [1.54, 1.807) is 0 Å². The Morgan fingerprint density at radius 3 is 2.47 bits per heavy atom. The molecule has 0 saturated heterocycles. The van der Waals surface area contributed by atoms with Crippen molar-refractivity contribution >= 4 is 11.3 Å². The zero-order valence-corrected chi connectivity index (χ0v) is 13.1. The standard InChI is InChI=1S/C17H23NS/c1-5-18-12-13-10-11-16(19-13)14-8-6-7-9-15(14)17(2,3)4/h6-11,18H,5,12H2,1-4H3. The Labute approximate surface area is 120 Å². The molecule has 0 fully saturated rings. The zero-order valence-electron chi connectivity index (χ0n) is 12.3. The normalized spacial score (nSPS) is 11.8. The first kappa shape index (κ1) is 14.3. The molecule has 2 aromatic rings. The lowest BCUT2D eigenvalue weighted by Crippen LogP contribution is -2.12.